The first-order valence-corrected chi connectivity index (χ1v) is 6.78. The number of nitrogens with two attached hydrogens (primary N) is 1. The standard InChI is InChI=1S/C14H23BN2O3/c1-12(2,18)9-7-8-17-11(10(9)16)15-19-13(3,4)14(5,6)20-15/h7-8,18H,16H2,1-6H3. The fourth-order valence-electron chi connectivity index (χ4n) is 2.17. The van der Waals surface area contributed by atoms with Crippen LogP contribution in [0.5, 0.6) is 0 Å². The van der Waals surface area contributed by atoms with Crippen LogP contribution in [0.1, 0.15) is 47.1 Å². The summed E-state index contributed by atoms with van der Waals surface area (Å²) in [5, 5.41) is 10.2. The third-order valence-corrected chi connectivity index (χ3v) is 4.16. The molecule has 20 heavy (non-hydrogen) atoms. The maximum atomic E-state index is 10.2. The Kier molecular flexibility index (Phi) is 3.40. The number of aliphatic hydroxyl groups is 1. The van der Waals surface area contributed by atoms with Gasteiger partial charge in [-0.15, -0.1) is 0 Å². The molecule has 5 nitrogen and oxygen atoms in total. The third-order valence-electron chi connectivity index (χ3n) is 4.16. The minimum Gasteiger partial charge on any atom is -0.398 e. The van der Waals surface area contributed by atoms with Crippen molar-refractivity contribution in [2.45, 2.75) is 58.3 Å². The second kappa shape index (κ2) is 4.45. The molecule has 1 fully saturated rings. The van der Waals surface area contributed by atoms with Crippen molar-refractivity contribution < 1.29 is 14.4 Å². The molecule has 6 heteroatoms. The van der Waals surface area contributed by atoms with Crippen molar-refractivity contribution in [2.24, 2.45) is 0 Å². The summed E-state index contributed by atoms with van der Waals surface area (Å²) in [7, 11) is -0.623. The van der Waals surface area contributed by atoms with Gasteiger partial charge in [0.1, 0.15) is 0 Å². The van der Waals surface area contributed by atoms with Gasteiger partial charge in [0.05, 0.1) is 28.1 Å². The lowest BCUT2D eigenvalue weighted by Crippen LogP contribution is -2.41. The summed E-state index contributed by atoms with van der Waals surface area (Å²) in [6.45, 7) is 11.3. The highest BCUT2D eigenvalue weighted by molar-refractivity contribution is 6.62. The molecule has 0 saturated carbocycles. The molecule has 3 N–H and O–H groups in total. The topological polar surface area (TPSA) is 77.6 Å². The molecule has 0 atom stereocenters. The normalized spacial score (nSPS) is 21.2. The molecule has 1 saturated heterocycles. The van der Waals surface area contributed by atoms with Crippen LogP contribution < -0.4 is 11.3 Å². The first-order chi connectivity index (χ1) is 8.96. The van der Waals surface area contributed by atoms with Crippen LogP contribution >= 0.6 is 0 Å². The van der Waals surface area contributed by atoms with Gasteiger partial charge < -0.3 is 20.1 Å². The zero-order valence-electron chi connectivity index (χ0n) is 13.0. The van der Waals surface area contributed by atoms with E-state index in [1.807, 2.05) is 27.7 Å². The van der Waals surface area contributed by atoms with Crippen LogP contribution in [0.2, 0.25) is 0 Å². The highest BCUT2D eigenvalue weighted by Crippen LogP contribution is 2.37. The van der Waals surface area contributed by atoms with Crippen molar-refractivity contribution in [3.8, 4) is 0 Å². The molecule has 1 aliphatic heterocycles. The molecule has 110 valence electrons. The number of hydrogen-bond donors (Lipinski definition) is 2. The third kappa shape index (κ3) is 2.43. The quantitative estimate of drug-likeness (QED) is 0.794. The van der Waals surface area contributed by atoms with Gasteiger partial charge in [-0.3, -0.25) is 4.98 Å². The molecule has 0 amide bonds. The maximum absolute atomic E-state index is 10.2. The summed E-state index contributed by atoms with van der Waals surface area (Å²) in [5.74, 6) is 0. The number of hydrogen-bond acceptors (Lipinski definition) is 5. The number of pyridine rings is 1. The Balaban J connectivity index is 2.42. The van der Waals surface area contributed by atoms with Crippen LogP contribution in [0.25, 0.3) is 0 Å². The smallest absolute Gasteiger partial charge is 0.398 e. The lowest BCUT2D eigenvalue weighted by molar-refractivity contribution is 0.00578. The lowest BCUT2D eigenvalue weighted by Gasteiger charge is -2.32. The van der Waals surface area contributed by atoms with Crippen molar-refractivity contribution in [3.05, 3.63) is 17.8 Å². The largest absolute Gasteiger partial charge is 0.516 e. The Bertz CT molecular complexity index is 508. The maximum Gasteiger partial charge on any atom is 0.516 e. The molecule has 0 aliphatic carbocycles. The minimum absolute atomic E-state index is 0.415. The van der Waals surface area contributed by atoms with Gasteiger partial charge in [0.15, 0.2) is 0 Å². The number of nitrogen functional groups attached to an aromatic ring is 1. The summed E-state index contributed by atoms with van der Waals surface area (Å²) < 4.78 is 11.9. The molecule has 0 bridgehead atoms. The number of aromatic nitrogens is 1. The average molecular weight is 278 g/mol. The van der Waals surface area contributed by atoms with Crippen molar-refractivity contribution in [2.75, 3.05) is 5.73 Å². The first-order valence-electron chi connectivity index (χ1n) is 6.78. The van der Waals surface area contributed by atoms with E-state index >= 15 is 0 Å². The van der Waals surface area contributed by atoms with E-state index in [9.17, 15) is 5.11 Å². The summed E-state index contributed by atoms with van der Waals surface area (Å²) in [6, 6.07) is 1.71. The summed E-state index contributed by atoms with van der Waals surface area (Å²) >= 11 is 0. The second-order valence-corrected chi connectivity index (χ2v) is 6.80. The Hall–Kier alpha value is -1.11. The lowest BCUT2D eigenvalue weighted by atomic mass is 9.80. The van der Waals surface area contributed by atoms with E-state index < -0.39 is 23.9 Å². The van der Waals surface area contributed by atoms with Crippen molar-refractivity contribution in [1.29, 1.82) is 0 Å². The van der Waals surface area contributed by atoms with Crippen molar-refractivity contribution in [3.63, 3.8) is 0 Å². The number of nitrogens with zero attached hydrogens (tertiary/aromatic N) is 1. The highest BCUT2D eigenvalue weighted by atomic mass is 16.7. The fraction of sp³-hybridized carbons (Fsp3) is 0.643. The predicted octanol–water partition coefficient (Wildman–Crippen LogP) is 1.19. The predicted molar refractivity (Wildman–Crippen MR) is 79.6 cm³/mol. The molecule has 0 spiro atoms. The van der Waals surface area contributed by atoms with Crippen LogP contribution in [0, 0.1) is 0 Å². The van der Waals surface area contributed by atoms with E-state index in [0.29, 0.717) is 16.8 Å². The second-order valence-electron chi connectivity index (χ2n) is 6.80. The van der Waals surface area contributed by atoms with Gasteiger partial charge >= 0.3 is 7.12 Å². The van der Waals surface area contributed by atoms with E-state index in [2.05, 4.69) is 4.98 Å². The Morgan fingerprint density at radius 3 is 2.15 bits per heavy atom. The van der Waals surface area contributed by atoms with Crippen LogP contribution in [0.15, 0.2) is 12.3 Å². The van der Waals surface area contributed by atoms with Gasteiger partial charge in [-0.05, 0) is 47.6 Å². The minimum atomic E-state index is -1.04. The van der Waals surface area contributed by atoms with Gasteiger partial charge in [-0.2, -0.15) is 0 Å². The number of anilines is 1. The van der Waals surface area contributed by atoms with Crippen LogP contribution in [-0.4, -0.2) is 28.4 Å². The molecule has 0 unspecified atom stereocenters. The van der Waals surface area contributed by atoms with Crippen LogP contribution in [0.3, 0.4) is 0 Å². The molecule has 2 heterocycles. The van der Waals surface area contributed by atoms with E-state index in [1.54, 1.807) is 26.1 Å². The first kappa shape index (κ1) is 15.3. The summed E-state index contributed by atoms with van der Waals surface area (Å²) in [4.78, 5) is 4.28. The molecule has 0 aromatic carbocycles. The highest BCUT2D eigenvalue weighted by Gasteiger charge is 2.53. The summed E-state index contributed by atoms with van der Waals surface area (Å²) in [6.07, 6.45) is 1.62. The van der Waals surface area contributed by atoms with E-state index in [-0.39, 0.29) is 0 Å². The SMILES string of the molecule is CC(C)(O)c1ccnc(B2OC(C)(C)C(C)(C)O2)c1N. The van der Waals surface area contributed by atoms with Crippen LogP contribution in [0.4, 0.5) is 5.69 Å². The average Bonchev–Trinajstić information content (AvgIpc) is 2.46. The van der Waals surface area contributed by atoms with Crippen LogP contribution in [-0.2, 0) is 14.9 Å². The Morgan fingerprint density at radius 2 is 1.70 bits per heavy atom. The monoisotopic (exact) mass is 278 g/mol. The Morgan fingerprint density at radius 1 is 1.20 bits per heavy atom. The fourth-order valence-corrected chi connectivity index (χ4v) is 2.17. The molecule has 1 aromatic heterocycles. The van der Waals surface area contributed by atoms with Crippen molar-refractivity contribution >= 4 is 18.4 Å². The van der Waals surface area contributed by atoms with E-state index in [4.69, 9.17) is 15.0 Å². The zero-order chi connectivity index (χ0) is 15.3. The molecule has 0 radical (unpaired) electrons. The van der Waals surface area contributed by atoms with Gasteiger partial charge in [-0.25, -0.2) is 0 Å². The Labute approximate surface area is 120 Å². The van der Waals surface area contributed by atoms with Crippen molar-refractivity contribution in [1.82, 2.24) is 4.98 Å². The van der Waals surface area contributed by atoms with E-state index in [0.717, 1.165) is 0 Å². The molecule has 1 aliphatic rings. The van der Waals surface area contributed by atoms with Gasteiger partial charge in [0, 0.05) is 11.8 Å². The number of rotatable bonds is 2. The van der Waals surface area contributed by atoms with Gasteiger partial charge in [-0.1, -0.05) is 0 Å². The molecule has 1 aromatic rings. The van der Waals surface area contributed by atoms with Gasteiger partial charge in [0.2, 0.25) is 0 Å². The molecule has 2 rings (SSSR count). The van der Waals surface area contributed by atoms with Gasteiger partial charge in [0.25, 0.3) is 0 Å². The molecular formula is C14H23BN2O3. The molecular weight excluding hydrogens is 255 g/mol. The zero-order valence-corrected chi connectivity index (χ0v) is 13.0. The summed E-state index contributed by atoms with van der Waals surface area (Å²) in [5.41, 5.74) is 5.77. The van der Waals surface area contributed by atoms with E-state index in [1.165, 1.54) is 0 Å².